The van der Waals surface area contributed by atoms with Gasteiger partial charge in [0.25, 0.3) is 0 Å². The Morgan fingerprint density at radius 2 is 2.00 bits per heavy atom. The molecule has 1 heterocycles. The van der Waals surface area contributed by atoms with Crippen LogP contribution in [0.4, 0.5) is 0 Å². The number of primary amides is 1. The van der Waals surface area contributed by atoms with Crippen LogP contribution in [0.2, 0.25) is 5.02 Å². The van der Waals surface area contributed by atoms with E-state index in [2.05, 4.69) is 24.4 Å². The number of carbonyl (C=O) groups is 1. The number of nitrogens with one attached hydrogen (secondary N) is 1. The molecule has 0 bridgehead atoms. The summed E-state index contributed by atoms with van der Waals surface area (Å²) in [5.41, 5.74) is 6.77. The van der Waals surface area contributed by atoms with Gasteiger partial charge in [0, 0.05) is 30.2 Å². The second-order valence-corrected chi connectivity index (χ2v) is 6.81. The summed E-state index contributed by atoms with van der Waals surface area (Å²) in [5, 5.41) is 4.15. The molecule has 0 aliphatic carbocycles. The Bertz CT molecular complexity index is 498. The van der Waals surface area contributed by atoms with Crippen LogP contribution in [0.5, 0.6) is 0 Å². The summed E-state index contributed by atoms with van der Waals surface area (Å²) in [5.74, 6) is -0.267. The van der Waals surface area contributed by atoms with Gasteiger partial charge in [0.05, 0.1) is 6.04 Å². The van der Waals surface area contributed by atoms with E-state index >= 15 is 0 Å². The van der Waals surface area contributed by atoms with Crippen LogP contribution >= 0.6 is 11.6 Å². The van der Waals surface area contributed by atoms with Gasteiger partial charge < -0.3 is 15.8 Å². The first-order chi connectivity index (χ1) is 11.1. The number of amides is 1. The third kappa shape index (κ3) is 4.93. The van der Waals surface area contributed by atoms with Crippen molar-refractivity contribution >= 4 is 17.5 Å². The number of ether oxygens (including phenoxy) is 1. The highest BCUT2D eigenvalue weighted by Gasteiger charge is 2.35. The van der Waals surface area contributed by atoms with Crippen molar-refractivity contribution in [3.05, 3.63) is 34.9 Å². The number of nitrogens with two attached hydrogens (primary N) is 1. The number of halogens is 1. The number of benzene rings is 1. The van der Waals surface area contributed by atoms with Gasteiger partial charge in [-0.2, -0.15) is 0 Å². The van der Waals surface area contributed by atoms with E-state index in [1.807, 2.05) is 12.1 Å². The van der Waals surface area contributed by atoms with Gasteiger partial charge in [0.15, 0.2) is 0 Å². The Hall–Kier alpha value is -1.10. The summed E-state index contributed by atoms with van der Waals surface area (Å²) in [7, 11) is 0. The van der Waals surface area contributed by atoms with Gasteiger partial charge in [-0.3, -0.25) is 4.79 Å². The van der Waals surface area contributed by atoms with E-state index in [1.165, 1.54) is 5.56 Å². The average Bonchev–Trinajstić information content (AvgIpc) is 2.56. The Morgan fingerprint density at radius 1 is 1.35 bits per heavy atom. The SMILES string of the molecule is CCCCC(NCC1(c2ccc(Cl)cc2)CCOCC1)C(N)=O. The lowest BCUT2D eigenvalue weighted by Gasteiger charge is -2.39. The average molecular weight is 339 g/mol. The molecule has 0 radical (unpaired) electrons. The molecule has 1 aromatic rings. The first-order valence-electron chi connectivity index (χ1n) is 8.44. The quantitative estimate of drug-likeness (QED) is 0.765. The van der Waals surface area contributed by atoms with Crippen LogP contribution < -0.4 is 11.1 Å². The minimum absolute atomic E-state index is 0.0250. The molecule has 5 heteroatoms. The molecule has 0 spiro atoms. The fourth-order valence-electron chi connectivity index (χ4n) is 3.20. The lowest BCUT2D eigenvalue weighted by atomic mass is 9.74. The minimum atomic E-state index is -0.267. The third-order valence-electron chi connectivity index (χ3n) is 4.78. The molecule has 1 fully saturated rings. The van der Waals surface area contributed by atoms with Crippen LogP contribution in [0.15, 0.2) is 24.3 Å². The van der Waals surface area contributed by atoms with Crippen molar-refractivity contribution in [2.45, 2.75) is 50.5 Å². The molecule has 1 aliphatic rings. The highest BCUT2D eigenvalue weighted by molar-refractivity contribution is 6.30. The van der Waals surface area contributed by atoms with Crippen LogP contribution in [-0.2, 0) is 14.9 Å². The zero-order valence-corrected chi connectivity index (χ0v) is 14.6. The molecule has 1 aliphatic heterocycles. The zero-order valence-electron chi connectivity index (χ0n) is 13.8. The predicted molar refractivity (Wildman–Crippen MR) is 93.7 cm³/mol. The summed E-state index contributed by atoms with van der Waals surface area (Å²) in [4.78, 5) is 11.7. The number of unbranched alkanes of at least 4 members (excludes halogenated alkanes) is 1. The summed E-state index contributed by atoms with van der Waals surface area (Å²) >= 11 is 6.02. The maximum Gasteiger partial charge on any atom is 0.234 e. The number of rotatable bonds is 8. The fraction of sp³-hybridized carbons (Fsp3) is 0.611. The van der Waals surface area contributed by atoms with Gasteiger partial charge in [-0.15, -0.1) is 0 Å². The molecule has 1 aromatic carbocycles. The van der Waals surface area contributed by atoms with Crippen molar-refractivity contribution in [1.29, 1.82) is 0 Å². The van der Waals surface area contributed by atoms with Crippen LogP contribution in [0, 0.1) is 0 Å². The summed E-state index contributed by atoms with van der Waals surface area (Å²) in [6.45, 7) is 4.32. The molecule has 3 N–H and O–H groups in total. The number of hydrogen-bond donors (Lipinski definition) is 2. The number of hydrogen-bond acceptors (Lipinski definition) is 3. The van der Waals surface area contributed by atoms with E-state index in [4.69, 9.17) is 22.1 Å². The van der Waals surface area contributed by atoms with E-state index in [0.29, 0.717) is 0 Å². The molecule has 1 unspecified atom stereocenters. The Balaban J connectivity index is 2.11. The second kappa shape index (κ2) is 8.67. The third-order valence-corrected chi connectivity index (χ3v) is 5.04. The van der Waals surface area contributed by atoms with E-state index in [1.54, 1.807) is 0 Å². The van der Waals surface area contributed by atoms with Crippen LogP contribution in [0.25, 0.3) is 0 Å². The molecule has 0 saturated carbocycles. The maximum atomic E-state index is 11.7. The molecule has 1 saturated heterocycles. The predicted octanol–water partition coefficient (Wildman–Crippen LogP) is 3.02. The number of carbonyl (C=O) groups excluding carboxylic acids is 1. The zero-order chi connectivity index (χ0) is 16.7. The Labute approximate surface area is 143 Å². The van der Waals surface area contributed by atoms with Crippen molar-refractivity contribution in [3.8, 4) is 0 Å². The molecule has 23 heavy (non-hydrogen) atoms. The van der Waals surface area contributed by atoms with Gasteiger partial charge in [0.2, 0.25) is 5.91 Å². The molecular weight excluding hydrogens is 312 g/mol. The molecule has 0 aromatic heterocycles. The van der Waals surface area contributed by atoms with Crippen LogP contribution in [-0.4, -0.2) is 31.7 Å². The van der Waals surface area contributed by atoms with E-state index in [0.717, 1.165) is 56.9 Å². The highest BCUT2D eigenvalue weighted by Crippen LogP contribution is 2.35. The smallest absolute Gasteiger partial charge is 0.234 e. The van der Waals surface area contributed by atoms with Crippen LogP contribution in [0.1, 0.15) is 44.6 Å². The highest BCUT2D eigenvalue weighted by atomic mass is 35.5. The first-order valence-corrected chi connectivity index (χ1v) is 8.82. The largest absolute Gasteiger partial charge is 0.381 e. The van der Waals surface area contributed by atoms with Crippen molar-refractivity contribution in [1.82, 2.24) is 5.32 Å². The van der Waals surface area contributed by atoms with E-state index in [9.17, 15) is 4.79 Å². The molecule has 1 atom stereocenters. The van der Waals surface area contributed by atoms with Crippen molar-refractivity contribution < 1.29 is 9.53 Å². The van der Waals surface area contributed by atoms with Crippen molar-refractivity contribution in [3.63, 3.8) is 0 Å². The maximum absolute atomic E-state index is 11.7. The summed E-state index contributed by atoms with van der Waals surface area (Å²) < 4.78 is 5.54. The molecule has 1 amide bonds. The Morgan fingerprint density at radius 3 is 2.57 bits per heavy atom. The van der Waals surface area contributed by atoms with Gasteiger partial charge in [-0.1, -0.05) is 43.5 Å². The fourth-order valence-corrected chi connectivity index (χ4v) is 3.33. The Kier molecular flexibility index (Phi) is 6.88. The van der Waals surface area contributed by atoms with Gasteiger partial charge in [-0.05, 0) is 37.0 Å². The van der Waals surface area contributed by atoms with Gasteiger partial charge in [-0.25, -0.2) is 0 Å². The summed E-state index contributed by atoms with van der Waals surface area (Å²) in [6, 6.07) is 7.76. The minimum Gasteiger partial charge on any atom is -0.381 e. The van der Waals surface area contributed by atoms with Gasteiger partial charge >= 0.3 is 0 Å². The topological polar surface area (TPSA) is 64.3 Å². The molecule has 4 nitrogen and oxygen atoms in total. The lowest BCUT2D eigenvalue weighted by molar-refractivity contribution is -0.120. The molecular formula is C18H27ClN2O2. The van der Waals surface area contributed by atoms with Gasteiger partial charge in [0.1, 0.15) is 0 Å². The normalized spacial score (nSPS) is 18.5. The van der Waals surface area contributed by atoms with E-state index < -0.39 is 0 Å². The lowest BCUT2D eigenvalue weighted by Crippen LogP contribution is -2.49. The van der Waals surface area contributed by atoms with Crippen LogP contribution in [0.3, 0.4) is 0 Å². The van der Waals surface area contributed by atoms with Crippen molar-refractivity contribution in [2.24, 2.45) is 5.73 Å². The summed E-state index contributed by atoms with van der Waals surface area (Å²) in [6.07, 6.45) is 4.71. The molecule has 2 rings (SSSR count). The van der Waals surface area contributed by atoms with Crippen molar-refractivity contribution in [2.75, 3.05) is 19.8 Å². The standard InChI is InChI=1S/C18H27ClN2O2/c1-2-3-4-16(17(20)22)21-13-18(9-11-23-12-10-18)14-5-7-15(19)8-6-14/h5-8,16,21H,2-4,9-13H2,1H3,(H2,20,22). The monoisotopic (exact) mass is 338 g/mol. The second-order valence-electron chi connectivity index (χ2n) is 6.38. The van der Waals surface area contributed by atoms with E-state index in [-0.39, 0.29) is 17.4 Å². The molecule has 128 valence electrons. The first kappa shape index (κ1) is 18.2.